The van der Waals surface area contributed by atoms with Gasteiger partial charge in [-0.05, 0) is 25.5 Å². The van der Waals surface area contributed by atoms with Gasteiger partial charge in [-0.15, -0.1) is 0 Å². The highest BCUT2D eigenvalue weighted by Gasteiger charge is 2.16. The lowest BCUT2D eigenvalue weighted by atomic mass is 10.1. The molecule has 0 aliphatic carbocycles. The first kappa shape index (κ1) is 13.6. The summed E-state index contributed by atoms with van der Waals surface area (Å²) < 4.78 is 5.37. The van der Waals surface area contributed by atoms with Crippen LogP contribution in [-0.4, -0.2) is 17.5 Å². The van der Waals surface area contributed by atoms with Crippen molar-refractivity contribution in [1.29, 1.82) is 0 Å². The Labute approximate surface area is 107 Å². The molecule has 5 nitrogen and oxygen atoms in total. The maximum atomic E-state index is 11.3. The Balaban J connectivity index is 2.99. The van der Waals surface area contributed by atoms with E-state index < -0.39 is 4.92 Å². The van der Waals surface area contributed by atoms with E-state index >= 15 is 0 Å². The summed E-state index contributed by atoms with van der Waals surface area (Å²) in [5, 5.41) is 10.7. The SMILES string of the molecule is CCOC(=O)Cc1cc(C)c([N+](=O)[O-])cc1Br. The van der Waals surface area contributed by atoms with E-state index in [0.717, 1.165) is 0 Å². The molecule has 0 spiro atoms. The Hall–Kier alpha value is -1.43. The minimum Gasteiger partial charge on any atom is -0.466 e. The van der Waals surface area contributed by atoms with Gasteiger partial charge in [-0.25, -0.2) is 0 Å². The van der Waals surface area contributed by atoms with Gasteiger partial charge in [-0.3, -0.25) is 14.9 Å². The molecule has 6 heteroatoms. The van der Waals surface area contributed by atoms with Crippen molar-refractivity contribution in [2.75, 3.05) is 6.61 Å². The number of rotatable bonds is 4. The van der Waals surface area contributed by atoms with Crippen molar-refractivity contribution in [3.8, 4) is 0 Å². The number of nitro groups is 1. The van der Waals surface area contributed by atoms with Gasteiger partial charge in [0, 0.05) is 16.1 Å². The second-order valence-corrected chi connectivity index (χ2v) is 4.32. The number of benzene rings is 1. The summed E-state index contributed by atoms with van der Waals surface area (Å²) in [5.74, 6) is -0.346. The largest absolute Gasteiger partial charge is 0.466 e. The van der Waals surface area contributed by atoms with Crippen molar-refractivity contribution in [2.24, 2.45) is 0 Å². The van der Waals surface area contributed by atoms with Gasteiger partial charge < -0.3 is 4.74 Å². The number of nitro benzene ring substituents is 1. The quantitative estimate of drug-likeness (QED) is 0.487. The van der Waals surface area contributed by atoms with Crippen molar-refractivity contribution < 1.29 is 14.5 Å². The van der Waals surface area contributed by atoms with E-state index in [0.29, 0.717) is 22.2 Å². The molecule has 0 fully saturated rings. The summed E-state index contributed by atoms with van der Waals surface area (Å²) in [5.41, 5.74) is 1.24. The molecule has 1 aromatic rings. The van der Waals surface area contributed by atoms with Crippen LogP contribution in [0.15, 0.2) is 16.6 Å². The molecule has 0 aliphatic rings. The second-order valence-electron chi connectivity index (χ2n) is 3.47. The third-order valence-corrected chi connectivity index (χ3v) is 2.94. The fraction of sp³-hybridized carbons (Fsp3) is 0.364. The van der Waals surface area contributed by atoms with E-state index in [4.69, 9.17) is 4.74 Å². The van der Waals surface area contributed by atoms with Gasteiger partial charge in [-0.2, -0.15) is 0 Å². The van der Waals surface area contributed by atoms with Crippen molar-refractivity contribution in [3.63, 3.8) is 0 Å². The molecular formula is C11H12BrNO4. The number of ether oxygens (including phenoxy) is 1. The molecule has 0 N–H and O–H groups in total. The highest BCUT2D eigenvalue weighted by atomic mass is 79.9. The minimum absolute atomic E-state index is 0.0319. The number of hydrogen-bond donors (Lipinski definition) is 0. The van der Waals surface area contributed by atoms with Crippen LogP contribution in [0, 0.1) is 17.0 Å². The molecule has 17 heavy (non-hydrogen) atoms. The molecule has 1 rings (SSSR count). The normalized spacial score (nSPS) is 10.1. The molecule has 0 atom stereocenters. The molecule has 0 heterocycles. The van der Waals surface area contributed by atoms with Crippen LogP contribution in [0.1, 0.15) is 18.1 Å². The van der Waals surface area contributed by atoms with Crippen molar-refractivity contribution in [2.45, 2.75) is 20.3 Å². The predicted molar refractivity (Wildman–Crippen MR) is 65.9 cm³/mol. The lowest BCUT2D eigenvalue weighted by molar-refractivity contribution is -0.385. The Morgan fingerprint density at radius 3 is 2.71 bits per heavy atom. The molecule has 0 unspecified atom stereocenters. The summed E-state index contributed by atoms with van der Waals surface area (Å²) in [7, 11) is 0. The molecule has 0 aliphatic heterocycles. The molecule has 0 aromatic heterocycles. The Kier molecular flexibility index (Phi) is 4.62. The van der Waals surface area contributed by atoms with E-state index in [-0.39, 0.29) is 18.1 Å². The fourth-order valence-electron chi connectivity index (χ4n) is 1.43. The van der Waals surface area contributed by atoms with Crippen LogP contribution < -0.4 is 0 Å². The van der Waals surface area contributed by atoms with Crippen molar-refractivity contribution in [3.05, 3.63) is 37.8 Å². The predicted octanol–water partition coefficient (Wildman–Crippen LogP) is 2.77. The lowest BCUT2D eigenvalue weighted by Gasteiger charge is -2.06. The van der Waals surface area contributed by atoms with Gasteiger partial charge in [0.05, 0.1) is 18.0 Å². The van der Waals surface area contributed by atoms with Gasteiger partial charge in [-0.1, -0.05) is 15.9 Å². The first-order valence-corrected chi connectivity index (χ1v) is 5.84. The standard InChI is InChI=1S/C11H12BrNO4/c1-3-17-11(14)5-8-4-7(2)10(13(15)16)6-9(8)12/h4,6H,3,5H2,1-2H3. The topological polar surface area (TPSA) is 69.4 Å². The molecule has 0 radical (unpaired) electrons. The first-order valence-electron chi connectivity index (χ1n) is 5.04. The van der Waals surface area contributed by atoms with E-state index in [9.17, 15) is 14.9 Å². The van der Waals surface area contributed by atoms with Gasteiger partial charge >= 0.3 is 5.97 Å². The fourth-order valence-corrected chi connectivity index (χ4v) is 1.90. The number of carbonyl (C=O) groups excluding carboxylic acids is 1. The number of nitrogens with zero attached hydrogens (tertiary/aromatic N) is 1. The summed E-state index contributed by atoms with van der Waals surface area (Å²) in [6, 6.07) is 3.03. The molecule has 0 saturated carbocycles. The monoisotopic (exact) mass is 301 g/mol. The Morgan fingerprint density at radius 1 is 1.53 bits per heavy atom. The highest BCUT2D eigenvalue weighted by Crippen LogP contribution is 2.27. The van der Waals surface area contributed by atoms with Crippen LogP contribution >= 0.6 is 15.9 Å². The Bertz CT molecular complexity index is 459. The van der Waals surface area contributed by atoms with Gasteiger partial charge in [0.25, 0.3) is 5.69 Å². The molecule has 0 saturated heterocycles. The maximum Gasteiger partial charge on any atom is 0.310 e. The van der Waals surface area contributed by atoms with Crippen LogP contribution in [0.25, 0.3) is 0 Å². The zero-order valence-corrected chi connectivity index (χ0v) is 11.1. The third-order valence-electron chi connectivity index (χ3n) is 2.20. The summed E-state index contributed by atoms with van der Waals surface area (Å²) in [6.07, 6.45) is 0.104. The van der Waals surface area contributed by atoms with Crippen molar-refractivity contribution in [1.82, 2.24) is 0 Å². The molecule has 1 aromatic carbocycles. The molecule has 92 valence electrons. The van der Waals surface area contributed by atoms with Crippen LogP contribution in [-0.2, 0) is 16.0 Å². The zero-order valence-electron chi connectivity index (χ0n) is 9.53. The van der Waals surface area contributed by atoms with E-state index in [1.165, 1.54) is 6.07 Å². The van der Waals surface area contributed by atoms with E-state index in [1.807, 2.05) is 0 Å². The number of esters is 1. The van der Waals surface area contributed by atoms with Crippen LogP contribution in [0.5, 0.6) is 0 Å². The van der Waals surface area contributed by atoms with Crippen LogP contribution in [0.4, 0.5) is 5.69 Å². The first-order chi connectivity index (χ1) is 7.95. The summed E-state index contributed by atoms with van der Waals surface area (Å²) >= 11 is 3.22. The summed E-state index contributed by atoms with van der Waals surface area (Å²) in [4.78, 5) is 21.6. The zero-order chi connectivity index (χ0) is 13.0. The molecular weight excluding hydrogens is 290 g/mol. The van der Waals surface area contributed by atoms with Gasteiger partial charge in [0.2, 0.25) is 0 Å². The Morgan fingerprint density at radius 2 is 2.18 bits per heavy atom. The average Bonchev–Trinajstić information content (AvgIpc) is 2.22. The van der Waals surface area contributed by atoms with Gasteiger partial charge in [0.1, 0.15) is 0 Å². The molecule has 0 bridgehead atoms. The third kappa shape index (κ3) is 3.52. The minimum atomic E-state index is -0.450. The number of halogens is 1. The maximum absolute atomic E-state index is 11.3. The number of aryl methyl sites for hydroxylation is 1. The van der Waals surface area contributed by atoms with Crippen LogP contribution in [0.2, 0.25) is 0 Å². The smallest absolute Gasteiger partial charge is 0.310 e. The molecule has 0 amide bonds. The lowest BCUT2D eigenvalue weighted by Crippen LogP contribution is -2.08. The van der Waals surface area contributed by atoms with Gasteiger partial charge in [0.15, 0.2) is 0 Å². The second kappa shape index (κ2) is 5.77. The van der Waals surface area contributed by atoms with E-state index in [2.05, 4.69) is 15.9 Å². The van der Waals surface area contributed by atoms with Crippen molar-refractivity contribution >= 4 is 27.6 Å². The van der Waals surface area contributed by atoms with E-state index in [1.54, 1.807) is 19.9 Å². The number of carbonyl (C=O) groups is 1. The summed E-state index contributed by atoms with van der Waals surface area (Å²) in [6.45, 7) is 3.69. The van der Waals surface area contributed by atoms with Crippen LogP contribution in [0.3, 0.4) is 0 Å². The highest BCUT2D eigenvalue weighted by molar-refractivity contribution is 9.10. The number of hydrogen-bond acceptors (Lipinski definition) is 4. The average molecular weight is 302 g/mol.